The maximum absolute atomic E-state index is 12.6. The number of rotatable bonds is 5. The number of para-hydroxylation sites is 2. The van der Waals surface area contributed by atoms with E-state index in [0.29, 0.717) is 33.3 Å². The van der Waals surface area contributed by atoms with Gasteiger partial charge in [0.15, 0.2) is 12.2 Å². The highest BCUT2D eigenvalue weighted by molar-refractivity contribution is 6.36. The molecule has 8 heteroatoms. The van der Waals surface area contributed by atoms with Crippen LogP contribution in [0.15, 0.2) is 71.1 Å². The molecule has 0 fully saturated rings. The number of hydrogen-bond donors (Lipinski definition) is 1. The van der Waals surface area contributed by atoms with Crippen LogP contribution in [0.1, 0.15) is 10.4 Å². The number of fused-ring (bicyclic) bond motifs is 1. The number of nitrogens with one attached hydrogen (secondary N) is 1. The molecule has 0 bridgehead atoms. The van der Waals surface area contributed by atoms with Crippen LogP contribution < -0.4 is 5.32 Å². The first-order valence-electron chi connectivity index (χ1n) is 8.88. The van der Waals surface area contributed by atoms with Crippen LogP contribution in [0.4, 0.5) is 5.69 Å². The Kier molecular flexibility index (Phi) is 5.70. The number of benzene rings is 3. The van der Waals surface area contributed by atoms with E-state index in [0.717, 1.165) is 0 Å². The van der Waals surface area contributed by atoms with Crippen molar-refractivity contribution in [3.63, 3.8) is 0 Å². The van der Waals surface area contributed by atoms with Crippen molar-refractivity contribution in [3.8, 4) is 11.5 Å². The smallest absolute Gasteiger partial charge is 0.339 e. The van der Waals surface area contributed by atoms with E-state index in [-0.39, 0.29) is 10.6 Å². The molecule has 0 unspecified atom stereocenters. The number of aromatic nitrogens is 1. The zero-order valence-electron chi connectivity index (χ0n) is 15.4. The Morgan fingerprint density at radius 2 is 1.77 bits per heavy atom. The van der Waals surface area contributed by atoms with E-state index in [4.69, 9.17) is 32.4 Å². The third-order valence-electron chi connectivity index (χ3n) is 4.21. The monoisotopic (exact) mass is 440 g/mol. The molecule has 1 heterocycles. The van der Waals surface area contributed by atoms with Crippen LogP contribution >= 0.6 is 23.2 Å². The van der Waals surface area contributed by atoms with E-state index in [9.17, 15) is 9.59 Å². The van der Waals surface area contributed by atoms with Crippen LogP contribution in [0.2, 0.25) is 10.0 Å². The van der Waals surface area contributed by atoms with Crippen molar-refractivity contribution >= 4 is 51.9 Å². The predicted molar refractivity (Wildman–Crippen MR) is 115 cm³/mol. The molecule has 150 valence electrons. The number of hydrogen-bond acceptors (Lipinski definition) is 5. The van der Waals surface area contributed by atoms with Gasteiger partial charge in [-0.25, -0.2) is 9.78 Å². The predicted octanol–water partition coefficient (Wildman–Crippen LogP) is 5.60. The second-order valence-electron chi connectivity index (χ2n) is 6.28. The second kappa shape index (κ2) is 8.57. The molecule has 0 radical (unpaired) electrons. The molecule has 0 aliphatic rings. The molecule has 1 aromatic heterocycles. The number of carbonyl (C=O) groups is 2. The standard InChI is InChI=1S/C22H14Cl2N2O4/c23-13-9-10-17(16(24)11-13)25-20(27)12-29-22(28)15-6-2-1-5-14(15)21-26-18-7-3-4-8-19(18)30-21/h1-11H,12H2,(H,25,27). The highest BCUT2D eigenvalue weighted by Crippen LogP contribution is 2.28. The molecule has 0 saturated carbocycles. The summed E-state index contributed by atoms with van der Waals surface area (Å²) in [6.45, 7) is -0.486. The highest BCUT2D eigenvalue weighted by atomic mass is 35.5. The zero-order valence-corrected chi connectivity index (χ0v) is 16.9. The molecule has 0 aliphatic heterocycles. The molecule has 3 aromatic carbocycles. The number of ether oxygens (including phenoxy) is 1. The molecular weight excluding hydrogens is 427 g/mol. The highest BCUT2D eigenvalue weighted by Gasteiger charge is 2.19. The molecule has 30 heavy (non-hydrogen) atoms. The summed E-state index contributed by atoms with van der Waals surface area (Å²) in [5.41, 5.74) is 2.36. The normalized spacial score (nSPS) is 10.7. The summed E-state index contributed by atoms with van der Waals surface area (Å²) < 4.78 is 10.9. The first kappa shape index (κ1) is 19.9. The van der Waals surface area contributed by atoms with Gasteiger partial charge in [-0.1, -0.05) is 47.5 Å². The third-order valence-corrected chi connectivity index (χ3v) is 4.76. The molecule has 0 atom stereocenters. The van der Waals surface area contributed by atoms with Crippen molar-refractivity contribution in [2.75, 3.05) is 11.9 Å². The first-order valence-corrected chi connectivity index (χ1v) is 9.64. The van der Waals surface area contributed by atoms with Gasteiger partial charge < -0.3 is 14.5 Å². The van der Waals surface area contributed by atoms with Gasteiger partial charge in [0, 0.05) is 5.02 Å². The van der Waals surface area contributed by atoms with Crippen LogP contribution in [-0.2, 0) is 9.53 Å². The number of nitrogens with zero attached hydrogens (tertiary/aromatic N) is 1. The summed E-state index contributed by atoms with van der Waals surface area (Å²) in [7, 11) is 0. The molecule has 6 nitrogen and oxygen atoms in total. The lowest BCUT2D eigenvalue weighted by atomic mass is 10.1. The molecule has 4 rings (SSSR count). The SMILES string of the molecule is O=C(COC(=O)c1ccccc1-c1nc2ccccc2o1)Nc1ccc(Cl)cc1Cl. The van der Waals surface area contributed by atoms with Crippen molar-refractivity contribution in [1.29, 1.82) is 0 Å². The minimum atomic E-state index is -0.676. The van der Waals surface area contributed by atoms with Crippen molar-refractivity contribution in [2.45, 2.75) is 0 Å². The maximum atomic E-state index is 12.6. The first-order chi connectivity index (χ1) is 14.5. The fourth-order valence-corrected chi connectivity index (χ4v) is 3.28. The van der Waals surface area contributed by atoms with Crippen LogP contribution in [0.3, 0.4) is 0 Å². The van der Waals surface area contributed by atoms with Gasteiger partial charge in [-0.2, -0.15) is 0 Å². The van der Waals surface area contributed by atoms with E-state index in [1.807, 2.05) is 18.2 Å². The van der Waals surface area contributed by atoms with Crippen molar-refractivity contribution in [1.82, 2.24) is 4.98 Å². The summed E-state index contributed by atoms with van der Waals surface area (Å²) in [5, 5.41) is 3.30. The quantitative estimate of drug-likeness (QED) is 0.408. The van der Waals surface area contributed by atoms with Crippen molar-refractivity contribution < 1.29 is 18.7 Å². The largest absolute Gasteiger partial charge is 0.452 e. The van der Waals surface area contributed by atoms with Gasteiger partial charge >= 0.3 is 5.97 Å². The number of oxazole rings is 1. The van der Waals surface area contributed by atoms with Crippen LogP contribution in [0, 0.1) is 0 Å². The van der Waals surface area contributed by atoms with Gasteiger partial charge in [-0.05, 0) is 42.5 Å². The van der Waals surface area contributed by atoms with Gasteiger partial charge in [0.2, 0.25) is 5.89 Å². The number of halogens is 2. The van der Waals surface area contributed by atoms with E-state index in [2.05, 4.69) is 10.3 Å². The number of amides is 1. The lowest BCUT2D eigenvalue weighted by Crippen LogP contribution is -2.21. The fourth-order valence-electron chi connectivity index (χ4n) is 2.82. The van der Waals surface area contributed by atoms with Crippen LogP contribution in [0.25, 0.3) is 22.6 Å². The van der Waals surface area contributed by atoms with Crippen LogP contribution in [0.5, 0.6) is 0 Å². The van der Waals surface area contributed by atoms with E-state index in [1.54, 1.807) is 42.5 Å². The van der Waals surface area contributed by atoms with E-state index in [1.165, 1.54) is 6.07 Å². The lowest BCUT2D eigenvalue weighted by Gasteiger charge is -2.09. The third kappa shape index (κ3) is 4.30. The molecule has 0 aliphatic carbocycles. The Morgan fingerprint density at radius 3 is 2.57 bits per heavy atom. The molecule has 1 amide bonds. The van der Waals surface area contributed by atoms with E-state index < -0.39 is 18.5 Å². The Hall–Kier alpha value is -3.35. The molecule has 1 N–H and O–H groups in total. The van der Waals surface area contributed by atoms with Gasteiger partial charge in [-0.15, -0.1) is 0 Å². The number of esters is 1. The Morgan fingerprint density at radius 1 is 1.00 bits per heavy atom. The molecule has 0 saturated heterocycles. The second-order valence-corrected chi connectivity index (χ2v) is 7.12. The summed E-state index contributed by atoms with van der Waals surface area (Å²) in [6, 6.07) is 18.7. The Bertz CT molecular complexity index is 1220. The summed E-state index contributed by atoms with van der Waals surface area (Å²) in [6.07, 6.45) is 0. The summed E-state index contributed by atoms with van der Waals surface area (Å²) >= 11 is 11.9. The van der Waals surface area contributed by atoms with Gasteiger partial charge in [0.05, 0.1) is 21.8 Å². The molecule has 4 aromatic rings. The van der Waals surface area contributed by atoms with Gasteiger partial charge in [-0.3, -0.25) is 4.79 Å². The van der Waals surface area contributed by atoms with Crippen molar-refractivity contribution in [2.24, 2.45) is 0 Å². The minimum absolute atomic E-state index is 0.237. The lowest BCUT2D eigenvalue weighted by molar-refractivity contribution is -0.119. The van der Waals surface area contributed by atoms with E-state index >= 15 is 0 Å². The summed E-state index contributed by atoms with van der Waals surface area (Å²) in [5.74, 6) is -0.918. The Labute approximate surface area is 181 Å². The zero-order chi connectivity index (χ0) is 21.1. The number of carbonyl (C=O) groups excluding carboxylic acids is 2. The number of anilines is 1. The minimum Gasteiger partial charge on any atom is -0.452 e. The summed E-state index contributed by atoms with van der Waals surface area (Å²) in [4.78, 5) is 29.2. The van der Waals surface area contributed by atoms with Gasteiger partial charge in [0.25, 0.3) is 5.91 Å². The van der Waals surface area contributed by atoms with Crippen LogP contribution in [-0.4, -0.2) is 23.5 Å². The topological polar surface area (TPSA) is 81.4 Å². The van der Waals surface area contributed by atoms with Gasteiger partial charge in [0.1, 0.15) is 5.52 Å². The molecule has 0 spiro atoms. The Balaban J connectivity index is 1.48. The fraction of sp³-hybridized carbons (Fsp3) is 0.0455. The average Bonchev–Trinajstić information content (AvgIpc) is 3.18. The average molecular weight is 441 g/mol. The molecular formula is C22H14Cl2N2O4. The van der Waals surface area contributed by atoms with Crippen molar-refractivity contribution in [3.05, 3.63) is 82.3 Å². The maximum Gasteiger partial charge on any atom is 0.339 e.